The van der Waals surface area contributed by atoms with E-state index in [9.17, 15) is 0 Å². The van der Waals surface area contributed by atoms with Crippen molar-refractivity contribution in [2.45, 2.75) is 163 Å². The van der Waals surface area contributed by atoms with Gasteiger partial charge in [-0.05, 0) is 176 Å². The maximum atomic E-state index is 4.10. The van der Waals surface area contributed by atoms with Gasteiger partial charge in [0.05, 0.1) is 0 Å². The Balaban J connectivity index is 1.14. The van der Waals surface area contributed by atoms with Crippen LogP contribution in [0, 0.1) is 53.4 Å². The first-order valence-electron chi connectivity index (χ1n) is 17.8. The largest absolute Gasteiger partial charge is 0.313 e. The van der Waals surface area contributed by atoms with E-state index in [4.69, 9.17) is 0 Å². The summed E-state index contributed by atoms with van der Waals surface area (Å²) in [5.41, 5.74) is 11.9. The first-order valence-corrected chi connectivity index (χ1v) is 17.8. The maximum absolute atomic E-state index is 4.10. The minimum atomic E-state index is 0.635. The molecule has 2 fully saturated rings. The highest BCUT2D eigenvalue weighted by Gasteiger charge is 2.28. The van der Waals surface area contributed by atoms with E-state index in [2.05, 4.69) is 90.3 Å². The second-order valence-electron chi connectivity index (χ2n) is 14.7. The Hall–Kier alpha value is -1.64. The van der Waals surface area contributed by atoms with E-state index in [-0.39, 0.29) is 0 Å². The third-order valence-corrected chi connectivity index (χ3v) is 11.2. The number of aryl methyl sites for hydroxylation is 6. The average molecular weight is 573 g/mol. The Labute approximate surface area is 260 Å². The molecule has 0 bridgehead atoms. The van der Waals surface area contributed by atoms with Crippen LogP contribution < -0.4 is 10.6 Å². The van der Waals surface area contributed by atoms with Crippen LogP contribution in [0.2, 0.25) is 0 Å². The van der Waals surface area contributed by atoms with Gasteiger partial charge in [0, 0.05) is 24.7 Å². The van der Waals surface area contributed by atoms with Crippen LogP contribution in [0.4, 0.5) is 0 Å². The molecule has 0 aliphatic heterocycles. The summed E-state index contributed by atoms with van der Waals surface area (Å²) in [6.45, 7) is 19.5. The highest BCUT2D eigenvalue weighted by molar-refractivity contribution is 5.40. The minimum Gasteiger partial charge on any atom is -0.313 e. The van der Waals surface area contributed by atoms with E-state index < -0.39 is 0 Å². The average Bonchev–Trinajstić information content (AvgIpc) is 2.94. The summed E-state index contributed by atoms with van der Waals surface area (Å²) < 4.78 is 0. The number of benzene rings is 2. The van der Waals surface area contributed by atoms with Gasteiger partial charge in [-0.15, -0.1) is 0 Å². The van der Waals surface area contributed by atoms with E-state index in [0.29, 0.717) is 12.0 Å². The van der Waals surface area contributed by atoms with Crippen LogP contribution >= 0.6 is 0 Å². The van der Waals surface area contributed by atoms with Gasteiger partial charge in [0.15, 0.2) is 0 Å². The fraction of sp³-hybridized carbons (Fsp3) is 0.700. The molecule has 2 nitrogen and oxygen atoms in total. The standard InChI is InChI=1S/C40H64N2/c1-9-35(40-31(7)23-28(4)24-32(40)8)26-41-37-15-11-33(12-16-37)25-34-13-17-38(18-14-34)42-36(10-2)19-20-39-29(5)21-27(3)22-30(39)6/h21-24,33-38,41-42H,9-20,25-26H2,1-8H3. The third kappa shape index (κ3) is 9.18. The molecular formula is C40H64N2. The second-order valence-corrected chi connectivity index (χ2v) is 14.7. The van der Waals surface area contributed by atoms with Crippen LogP contribution in [0.25, 0.3) is 0 Å². The van der Waals surface area contributed by atoms with Crippen LogP contribution in [-0.4, -0.2) is 24.7 Å². The summed E-state index contributed by atoms with van der Waals surface area (Å²) in [7, 11) is 0. The van der Waals surface area contributed by atoms with Gasteiger partial charge >= 0.3 is 0 Å². The molecule has 0 aromatic heterocycles. The van der Waals surface area contributed by atoms with Gasteiger partial charge < -0.3 is 10.6 Å². The second kappa shape index (κ2) is 15.9. The zero-order chi connectivity index (χ0) is 30.2. The van der Waals surface area contributed by atoms with E-state index in [1.165, 1.54) is 117 Å². The molecule has 2 saturated carbocycles. The quantitative estimate of drug-likeness (QED) is 0.249. The molecule has 2 aliphatic carbocycles. The van der Waals surface area contributed by atoms with Crippen LogP contribution in [0.1, 0.15) is 141 Å². The van der Waals surface area contributed by atoms with Crippen LogP contribution in [0.15, 0.2) is 24.3 Å². The molecule has 2 aromatic rings. The lowest BCUT2D eigenvalue weighted by Crippen LogP contribution is -2.41. The predicted octanol–water partition coefficient (Wildman–Crippen LogP) is 10.1. The van der Waals surface area contributed by atoms with Gasteiger partial charge in [0.2, 0.25) is 0 Å². The molecule has 0 spiro atoms. The van der Waals surface area contributed by atoms with Gasteiger partial charge in [-0.3, -0.25) is 0 Å². The summed E-state index contributed by atoms with van der Waals surface area (Å²) in [6.07, 6.45) is 17.7. The molecule has 0 heterocycles. The number of hydrogen-bond donors (Lipinski definition) is 2. The molecule has 0 amide bonds. The highest BCUT2D eigenvalue weighted by Crippen LogP contribution is 2.36. The van der Waals surface area contributed by atoms with Crippen molar-refractivity contribution < 1.29 is 0 Å². The van der Waals surface area contributed by atoms with E-state index in [1.54, 1.807) is 11.1 Å². The van der Waals surface area contributed by atoms with Gasteiger partial charge in [-0.1, -0.05) is 49.2 Å². The summed E-state index contributed by atoms with van der Waals surface area (Å²) >= 11 is 0. The van der Waals surface area contributed by atoms with Gasteiger partial charge in [-0.2, -0.15) is 0 Å². The predicted molar refractivity (Wildman–Crippen MR) is 184 cm³/mol. The molecule has 42 heavy (non-hydrogen) atoms. The summed E-state index contributed by atoms with van der Waals surface area (Å²) in [6, 6.07) is 11.6. The Bertz CT molecular complexity index is 1070. The zero-order valence-electron chi connectivity index (χ0n) is 28.7. The van der Waals surface area contributed by atoms with Crippen LogP contribution in [0.5, 0.6) is 0 Å². The lowest BCUT2D eigenvalue weighted by atomic mass is 9.75. The summed E-state index contributed by atoms with van der Waals surface area (Å²) in [4.78, 5) is 0. The Morgan fingerprint density at radius 1 is 0.643 bits per heavy atom. The lowest BCUT2D eigenvalue weighted by molar-refractivity contribution is 0.200. The molecular weight excluding hydrogens is 508 g/mol. The molecule has 2 aliphatic rings. The van der Waals surface area contributed by atoms with Crippen LogP contribution in [0.3, 0.4) is 0 Å². The molecule has 4 rings (SSSR count). The third-order valence-electron chi connectivity index (χ3n) is 11.2. The van der Waals surface area contributed by atoms with Gasteiger partial charge in [-0.25, -0.2) is 0 Å². The number of nitrogens with one attached hydrogen (secondary N) is 2. The molecule has 0 radical (unpaired) electrons. The Kier molecular flexibility index (Phi) is 12.6. The minimum absolute atomic E-state index is 0.635. The van der Waals surface area contributed by atoms with Crippen molar-refractivity contribution in [2.75, 3.05) is 6.54 Å². The Morgan fingerprint density at radius 2 is 1.14 bits per heavy atom. The molecule has 2 heteroatoms. The van der Waals surface area contributed by atoms with Crippen molar-refractivity contribution in [1.82, 2.24) is 10.6 Å². The van der Waals surface area contributed by atoms with Crippen molar-refractivity contribution >= 4 is 0 Å². The monoisotopic (exact) mass is 573 g/mol. The first-order chi connectivity index (χ1) is 20.2. The first kappa shape index (κ1) is 33.3. The fourth-order valence-electron chi connectivity index (χ4n) is 8.89. The fourth-order valence-corrected chi connectivity index (χ4v) is 8.89. The molecule has 2 aromatic carbocycles. The van der Waals surface area contributed by atoms with Crippen molar-refractivity contribution in [3.05, 3.63) is 68.8 Å². The molecule has 0 saturated heterocycles. The zero-order valence-corrected chi connectivity index (χ0v) is 28.7. The summed E-state index contributed by atoms with van der Waals surface area (Å²) in [5.74, 6) is 2.56. The normalized spacial score (nSPS) is 24.5. The maximum Gasteiger partial charge on any atom is 0.00701 e. The van der Waals surface area contributed by atoms with Crippen molar-refractivity contribution in [3.63, 3.8) is 0 Å². The molecule has 234 valence electrons. The van der Waals surface area contributed by atoms with Gasteiger partial charge in [0.1, 0.15) is 0 Å². The van der Waals surface area contributed by atoms with E-state index in [1.807, 2.05) is 0 Å². The van der Waals surface area contributed by atoms with Crippen molar-refractivity contribution in [2.24, 2.45) is 11.8 Å². The SMILES string of the molecule is CCC(CCc1c(C)cc(C)cc1C)NC1CCC(CC2CCC(NCC(CC)c3c(C)cc(C)cc3C)CC2)CC1. The van der Waals surface area contributed by atoms with Crippen molar-refractivity contribution in [3.8, 4) is 0 Å². The van der Waals surface area contributed by atoms with Crippen LogP contribution in [-0.2, 0) is 6.42 Å². The summed E-state index contributed by atoms with van der Waals surface area (Å²) in [5, 5.41) is 8.11. The van der Waals surface area contributed by atoms with Gasteiger partial charge in [0.25, 0.3) is 0 Å². The highest BCUT2D eigenvalue weighted by atomic mass is 14.9. The lowest BCUT2D eigenvalue weighted by Gasteiger charge is -2.36. The molecule has 2 atom stereocenters. The van der Waals surface area contributed by atoms with Crippen molar-refractivity contribution in [1.29, 1.82) is 0 Å². The smallest absolute Gasteiger partial charge is 0.00701 e. The Morgan fingerprint density at radius 3 is 1.64 bits per heavy atom. The topological polar surface area (TPSA) is 24.1 Å². The van der Waals surface area contributed by atoms with E-state index >= 15 is 0 Å². The number of hydrogen-bond acceptors (Lipinski definition) is 2. The van der Waals surface area contributed by atoms with E-state index in [0.717, 1.165) is 30.5 Å². The number of rotatable bonds is 13. The molecule has 2 N–H and O–H groups in total. The molecule has 2 unspecified atom stereocenters.